The molecule has 8 aliphatic rings. The summed E-state index contributed by atoms with van der Waals surface area (Å²) in [6.07, 6.45) is 7.04. The first-order chi connectivity index (χ1) is 23.4. The van der Waals surface area contributed by atoms with Gasteiger partial charge in [0.2, 0.25) is 5.91 Å². The summed E-state index contributed by atoms with van der Waals surface area (Å²) in [6.45, 7) is 19.5. The van der Waals surface area contributed by atoms with Gasteiger partial charge in [-0.3, -0.25) is 14.5 Å². The molecule has 282 valence electrons. The van der Waals surface area contributed by atoms with Crippen molar-refractivity contribution < 1.29 is 38.7 Å². The van der Waals surface area contributed by atoms with E-state index in [0.29, 0.717) is 31.4 Å². The van der Waals surface area contributed by atoms with Crippen LogP contribution in [-0.4, -0.2) is 102 Å². The van der Waals surface area contributed by atoms with Gasteiger partial charge in [0.25, 0.3) is 0 Å². The van der Waals surface area contributed by atoms with Crippen molar-refractivity contribution >= 4 is 11.9 Å². The molecule has 0 radical (unpaired) electrons. The lowest BCUT2D eigenvalue weighted by molar-refractivity contribution is -0.250. The van der Waals surface area contributed by atoms with Gasteiger partial charge in [0.1, 0.15) is 0 Å². The third kappa shape index (κ3) is 4.79. The molecule has 1 unspecified atom stereocenters. The Hall–Kier alpha value is -1.30. The van der Waals surface area contributed by atoms with Gasteiger partial charge >= 0.3 is 5.97 Å². The predicted molar refractivity (Wildman–Crippen MR) is 186 cm³/mol. The fraction of sp³-hybridized carbons (Fsp3) is 0.950. The summed E-state index contributed by atoms with van der Waals surface area (Å²) in [5, 5.41) is 26.6. The predicted octanol–water partition coefficient (Wildman–Crippen LogP) is 4.43. The van der Waals surface area contributed by atoms with Crippen molar-refractivity contribution in [2.75, 3.05) is 26.2 Å². The number of rotatable bonds is 6. The number of carbonyl (C=O) groups excluding carboxylic acids is 2. The molecule has 3 N–H and O–H groups in total. The lowest BCUT2D eigenvalue weighted by Crippen LogP contribution is -2.60. The lowest BCUT2D eigenvalue weighted by atomic mass is 9.41. The average Bonchev–Trinajstić information content (AvgIpc) is 3.44. The number of nitrogens with zero attached hydrogens (tertiary/aromatic N) is 1. The van der Waals surface area contributed by atoms with Gasteiger partial charge in [0.05, 0.1) is 49.2 Å². The first-order valence-corrected chi connectivity index (χ1v) is 19.9. The molecule has 10 nitrogen and oxygen atoms in total. The van der Waals surface area contributed by atoms with Crippen molar-refractivity contribution in [2.24, 2.45) is 50.7 Å². The fourth-order valence-electron chi connectivity index (χ4n) is 14.7. The Bertz CT molecular complexity index is 1380. The summed E-state index contributed by atoms with van der Waals surface area (Å²) in [6, 6.07) is -0.0709. The molecule has 8 fully saturated rings. The van der Waals surface area contributed by atoms with Crippen LogP contribution in [0.2, 0.25) is 0 Å². The summed E-state index contributed by atoms with van der Waals surface area (Å²) in [4.78, 5) is 26.8. The Kier molecular flexibility index (Phi) is 8.29. The quantitative estimate of drug-likeness (QED) is 0.345. The fourth-order valence-corrected chi connectivity index (χ4v) is 14.7. The maximum absolute atomic E-state index is 12.6. The van der Waals surface area contributed by atoms with Gasteiger partial charge in [-0.1, -0.05) is 34.6 Å². The highest BCUT2D eigenvalue weighted by atomic mass is 16.7. The molecule has 0 bridgehead atoms. The third-order valence-corrected chi connectivity index (χ3v) is 16.9. The number of nitrogens with one attached hydrogen (secondary N) is 1. The smallest absolute Gasteiger partial charge is 0.303 e. The average molecular weight is 701 g/mol. The summed E-state index contributed by atoms with van der Waals surface area (Å²) >= 11 is 0. The number of ether oxygens (including phenoxy) is 4. The van der Waals surface area contributed by atoms with E-state index >= 15 is 0 Å². The molecule has 2 spiro atoms. The summed E-state index contributed by atoms with van der Waals surface area (Å²) in [5.41, 5.74) is -1.15. The van der Waals surface area contributed by atoms with Crippen molar-refractivity contribution in [3.8, 4) is 0 Å². The van der Waals surface area contributed by atoms with E-state index in [4.69, 9.17) is 18.9 Å². The van der Waals surface area contributed by atoms with E-state index in [1.807, 2.05) is 0 Å². The highest BCUT2D eigenvalue weighted by Crippen LogP contribution is 2.89. The number of carbonyl (C=O) groups is 2. The molecule has 0 aromatic heterocycles. The molecule has 1 amide bonds. The second-order valence-corrected chi connectivity index (χ2v) is 19.8. The highest BCUT2D eigenvalue weighted by Gasteiger charge is 2.84. The van der Waals surface area contributed by atoms with Crippen LogP contribution in [0.3, 0.4) is 0 Å². The van der Waals surface area contributed by atoms with E-state index in [9.17, 15) is 19.8 Å². The molecule has 5 saturated carbocycles. The number of esters is 1. The lowest BCUT2D eigenvalue weighted by Gasteiger charge is -2.64. The van der Waals surface area contributed by atoms with E-state index in [1.54, 1.807) is 13.8 Å². The largest absolute Gasteiger partial charge is 0.457 e. The number of fused-ring (bicyclic) bond motifs is 4. The van der Waals surface area contributed by atoms with E-state index in [2.05, 4.69) is 44.8 Å². The zero-order chi connectivity index (χ0) is 35.8. The number of amides is 1. The van der Waals surface area contributed by atoms with Crippen LogP contribution in [-0.2, 0) is 28.5 Å². The van der Waals surface area contributed by atoms with Crippen LogP contribution in [0.15, 0.2) is 0 Å². The zero-order valence-corrected chi connectivity index (χ0v) is 31.8. The van der Waals surface area contributed by atoms with Gasteiger partial charge in [-0.2, -0.15) is 0 Å². The molecular weight excluding hydrogens is 636 g/mol. The number of morpholine rings is 1. The monoisotopic (exact) mass is 700 g/mol. The molecular formula is C40H64N2O8. The zero-order valence-electron chi connectivity index (χ0n) is 31.8. The molecule has 3 aliphatic heterocycles. The van der Waals surface area contributed by atoms with Gasteiger partial charge in [-0.05, 0) is 117 Å². The van der Waals surface area contributed by atoms with Gasteiger partial charge in [0, 0.05) is 25.4 Å². The second kappa shape index (κ2) is 11.6. The van der Waals surface area contributed by atoms with Crippen LogP contribution in [0.5, 0.6) is 0 Å². The molecule has 0 aromatic rings. The van der Waals surface area contributed by atoms with Crippen molar-refractivity contribution in [1.29, 1.82) is 0 Å². The van der Waals surface area contributed by atoms with Crippen molar-refractivity contribution in [1.82, 2.24) is 10.2 Å². The minimum atomic E-state index is -1.26. The van der Waals surface area contributed by atoms with Crippen molar-refractivity contribution in [2.45, 2.75) is 162 Å². The van der Waals surface area contributed by atoms with Crippen molar-refractivity contribution in [3.63, 3.8) is 0 Å². The maximum Gasteiger partial charge on any atom is 0.303 e. The Balaban J connectivity index is 1.02. The molecule has 8 rings (SSSR count). The number of aliphatic hydroxyl groups is 2. The van der Waals surface area contributed by atoms with Crippen molar-refractivity contribution in [3.05, 3.63) is 0 Å². The van der Waals surface area contributed by atoms with Gasteiger partial charge in [0.15, 0.2) is 12.4 Å². The summed E-state index contributed by atoms with van der Waals surface area (Å²) in [7, 11) is 0. The molecule has 50 heavy (non-hydrogen) atoms. The molecule has 15 atom stereocenters. The third-order valence-electron chi connectivity index (χ3n) is 16.9. The minimum Gasteiger partial charge on any atom is -0.457 e. The standard InChI is InChI=1S/C40H64N2O8/c1-22-19-25(33(36(5,6)46)48-23(2)43)49-31-30(22)37(7)14-15-40-21-39(40)13-11-28(35(3,4)26(39)9-10-27(40)38(37,8)32(31)44)50-29-20-42(17-18-47-29)24-12-16-41-34(24)45/h22,24-33,44,46H,9-21H2,1-8H3,(H,41,45)/t22-,24-,25-,26+,27+,28+,29+,30?,31+,32+,33+,37-,38-,39-,40+/m1/s1. The first-order valence-electron chi connectivity index (χ1n) is 19.9. The molecule has 5 aliphatic carbocycles. The summed E-state index contributed by atoms with van der Waals surface area (Å²) < 4.78 is 25.6. The summed E-state index contributed by atoms with van der Waals surface area (Å²) in [5.74, 6) is 1.13. The van der Waals surface area contributed by atoms with Crippen LogP contribution in [0.25, 0.3) is 0 Å². The van der Waals surface area contributed by atoms with Gasteiger partial charge in [-0.15, -0.1) is 0 Å². The van der Waals surface area contributed by atoms with Crippen LogP contribution in [0.1, 0.15) is 113 Å². The Morgan fingerprint density at radius 3 is 2.46 bits per heavy atom. The molecule has 0 aromatic carbocycles. The minimum absolute atomic E-state index is 0.0132. The van der Waals surface area contributed by atoms with Crippen LogP contribution in [0.4, 0.5) is 0 Å². The molecule has 3 saturated heterocycles. The number of hydrogen-bond donors (Lipinski definition) is 3. The highest BCUT2D eigenvalue weighted by molar-refractivity contribution is 5.83. The van der Waals surface area contributed by atoms with Gasteiger partial charge < -0.3 is 34.5 Å². The molecule has 10 heteroatoms. The number of hydrogen-bond acceptors (Lipinski definition) is 9. The van der Waals surface area contributed by atoms with E-state index in [-0.39, 0.29) is 69.4 Å². The van der Waals surface area contributed by atoms with Crippen LogP contribution < -0.4 is 5.32 Å². The number of aliphatic hydroxyl groups excluding tert-OH is 1. The van der Waals surface area contributed by atoms with Gasteiger partial charge in [-0.25, -0.2) is 0 Å². The van der Waals surface area contributed by atoms with Crippen LogP contribution in [0, 0.1) is 50.7 Å². The normalized spacial score (nSPS) is 51.7. The molecule has 3 heterocycles. The SMILES string of the molecule is CC(=O)O[C@@H]([C@H]1C[C@@H](C)C2[C@H](O1)[C@H](O)[C@@]1(C)[C@@H]3CC[C@H]4C(C)(C)[C@@H](O[C@H]5CN([C@@H]6CCNC6=O)CCO5)CC[C@@]45C[C@@]35CC[C@]21C)C(C)(C)O. The van der Waals surface area contributed by atoms with E-state index in [0.717, 1.165) is 51.6 Å². The second-order valence-electron chi connectivity index (χ2n) is 19.8. The Morgan fingerprint density at radius 1 is 1.06 bits per heavy atom. The van der Waals surface area contributed by atoms with E-state index < -0.39 is 29.9 Å². The van der Waals surface area contributed by atoms with E-state index in [1.165, 1.54) is 19.8 Å². The topological polar surface area (TPSA) is 127 Å². The van der Waals surface area contributed by atoms with Crippen LogP contribution >= 0.6 is 0 Å². The first kappa shape index (κ1) is 35.7. The Morgan fingerprint density at radius 2 is 1.78 bits per heavy atom. The maximum atomic E-state index is 12.6. The Labute approximate surface area is 299 Å².